The van der Waals surface area contributed by atoms with Crippen molar-refractivity contribution >= 4 is 40.6 Å². The molecular weight excluding hydrogens is 542 g/mol. The number of anilines is 2. The molecule has 1 aliphatic carbocycles. The van der Waals surface area contributed by atoms with Gasteiger partial charge < -0.3 is 25.5 Å². The number of hydrogen-bond acceptors (Lipinski definition) is 8. The maximum absolute atomic E-state index is 14.3. The van der Waals surface area contributed by atoms with Crippen molar-refractivity contribution in [2.45, 2.75) is 77.0 Å². The number of furan rings is 1. The minimum Gasteiger partial charge on any atom is -0.464 e. The lowest BCUT2D eigenvalue weighted by Gasteiger charge is -2.30. The fourth-order valence-electron chi connectivity index (χ4n) is 5.48. The van der Waals surface area contributed by atoms with Crippen molar-refractivity contribution < 1.29 is 23.5 Å². The van der Waals surface area contributed by atoms with Crippen LogP contribution >= 0.6 is 11.5 Å². The zero-order chi connectivity index (χ0) is 28.9. The summed E-state index contributed by atoms with van der Waals surface area (Å²) in [6.45, 7) is 4.67. The summed E-state index contributed by atoms with van der Waals surface area (Å²) >= 11 is 0.856. The van der Waals surface area contributed by atoms with Crippen LogP contribution in [0.5, 0.6) is 0 Å². The Morgan fingerprint density at radius 3 is 2.59 bits per heavy atom. The molecular formula is C30H37N5O5S. The number of nitrogens with one attached hydrogen (secondary N) is 2. The number of ether oxygens (including phenoxy) is 1. The van der Waals surface area contributed by atoms with Gasteiger partial charge in [0.05, 0.1) is 11.8 Å². The number of carbonyl (C=O) groups excluding carboxylic acids is 3. The quantitative estimate of drug-likeness (QED) is 0.334. The van der Waals surface area contributed by atoms with Crippen molar-refractivity contribution in [1.82, 2.24) is 15.0 Å². The van der Waals surface area contributed by atoms with E-state index in [-0.39, 0.29) is 34.3 Å². The fraction of sp³-hybridized carbons (Fsp3) is 0.467. The highest BCUT2D eigenvalue weighted by atomic mass is 32.1. The van der Waals surface area contributed by atoms with E-state index in [1.54, 1.807) is 25.1 Å². The molecule has 1 aliphatic heterocycles. The number of benzene rings is 1. The molecule has 0 radical (unpaired) electrons. The lowest BCUT2D eigenvalue weighted by atomic mass is 9.95. The molecule has 1 saturated heterocycles. The smallest absolute Gasteiger partial charge is 0.273 e. The lowest BCUT2D eigenvalue weighted by Crippen LogP contribution is -2.45. The van der Waals surface area contributed by atoms with Crippen molar-refractivity contribution in [2.24, 2.45) is 0 Å². The largest absolute Gasteiger partial charge is 0.464 e. The minimum absolute atomic E-state index is 0.0000942. The summed E-state index contributed by atoms with van der Waals surface area (Å²) in [5.41, 5.74) is 7.84. The summed E-state index contributed by atoms with van der Waals surface area (Å²) in [4.78, 5) is 42.7. The molecule has 11 heteroatoms. The molecule has 2 aromatic heterocycles. The van der Waals surface area contributed by atoms with Crippen molar-refractivity contribution in [3.63, 3.8) is 0 Å². The average molecular weight is 580 g/mol. The Morgan fingerprint density at radius 1 is 1.10 bits per heavy atom. The van der Waals surface area contributed by atoms with Crippen molar-refractivity contribution in [3.05, 3.63) is 64.1 Å². The third kappa shape index (κ3) is 6.62. The molecule has 0 unspecified atom stereocenters. The second kappa shape index (κ2) is 12.9. The van der Waals surface area contributed by atoms with Crippen LogP contribution < -0.4 is 21.3 Å². The Hall–Kier alpha value is -3.70. The van der Waals surface area contributed by atoms with Crippen molar-refractivity contribution in [1.29, 1.82) is 0 Å². The molecule has 4 N–H and O–H groups in total. The SMILES string of the molecule is Cc1cccc(N(C(=O)c2snc(C(=O)NC3CCCCC3)c2N)[C@@H](C(=O)NC[C@H]2CCCO2)c2ccc(C)o2)c1. The van der Waals surface area contributed by atoms with Gasteiger partial charge >= 0.3 is 0 Å². The molecule has 218 valence electrons. The minimum atomic E-state index is -1.14. The number of aromatic nitrogens is 1. The van der Waals surface area contributed by atoms with E-state index in [4.69, 9.17) is 14.9 Å². The first-order valence-electron chi connectivity index (χ1n) is 14.2. The van der Waals surface area contributed by atoms with Gasteiger partial charge in [0, 0.05) is 24.9 Å². The maximum Gasteiger partial charge on any atom is 0.273 e. The van der Waals surface area contributed by atoms with Crippen LogP contribution in [0.25, 0.3) is 0 Å². The number of nitrogens with zero attached hydrogens (tertiary/aromatic N) is 2. The van der Waals surface area contributed by atoms with E-state index in [2.05, 4.69) is 15.0 Å². The van der Waals surface area contributed by atoms with Gasteiger partial charge in [0.1, 0.15) is 16.4 Å². The lowest BCUT2D eigenvalue weighted by molar-refractivity contribution is -0.123. The number of nitrogen functional groups attached to an aromatic ring is 1. The van der Waals surface area contributed by atoms with Gasteiger partial charge in [0.25, 0.3) is 17.7 Å². The molecule has 3 aromatic rings. The highest BCUT2D eigenvalue weighted by Gasteiger charge is 2.38. The Balaban J connectivity index is 1.49. The number of carbonyl (C=O) groups is 3. The van der Waals surface area contributed by atoms with Crippen LogP contribution in [-0.2, 0) is 9.53 Å². The second-order valence-corrected chi connectivity index (χ2v) is 11.6. The Labute approximate surface area is 243 Å². The Bertz CT molecular complexity index is 1390. The zero-order valence-electron chi connectivity index (χ0n) is 23.5. The molecule has 2 atom stereocenters. The maximum atomic E-state index is 14.3. The first-order chi connectivity index (χ1) is 19.8. The van der Waals surface area contributed by atoms with Gasteiger partial charge in [-0.1, -0.05) is 31.4 Å². The van der Waals surface area contributed by atoms with E-state index in [1.807, 2.05) is 25.1 Å². The molecule has 1 saturated carbocycles. The van der Waals surface area contributed by atoms with Crippen LogP contribution in [0, 0.1) is 13.8 Å². The predicted molar refractivity (Wildman–Crippen MR) is 157 cm³/mol. The molecule has 3 heterocycles. The van der Waals surface area contributed by atoms with Crippen molar-refractivity contribution in [3.8, 4) is 0 Å². The summed E-state index contributed by atoms with van der Waals surface area (Å²) in [5, 5.41) is 5.98. The van der Waals surface area contributed by atoms with E-state index in [1.165, 1.54) is 4.90 Å². The third-order valence-corrected chi connectivity index (χ3v) is 8.49. The van der Waals surface area contributed by atoms with Crippen molar-refractivity contribution in [2.75, 3.05) is 23.8 Å². The van der Waals surface area contributed by atoms with E-state index in [0.29, 0.717) is 30.4 Å². The molecule has 5 rings (SSSR count). The van der Waals surface area contributed by atoms with Gasteiger partial charge in [0.15, 0.2) is 11.7 Å². The highest BCUT2D eigenvalue weighted by molar-refractivity contribution is 7.09. The van der Waals surface area contributed by atoms with Crippen LogP contribution in [0.4, 0.5) is 11.4 Å². The topological polar surface area (TPSA) is 140 Å². The van der Waals surface area contributed by atoms with Gasteiger partial charge in [0.2, 0.25) is 0 Å². The molecule has 10 nitrogen and oxygen atoms in total. The number of amides is 3. The van der Waals surface area contributed by atoms with Crippen LogP contribution in [0.1, 0.15) is 88.2 Å². The van der Waals surface area contributed by atoms with Gasteiger partial charge in [-0.3, -0.25) is 19.3 Å². The first kappa shape index (κ1) is 28.8. The molecule has 3 amide bonds. The number of nitrogens with two attached hydrogens (primary N) is 1. The summed E-state index contributed by atoms with van der Waals surface area (Å²) in [5.74, 6) is -0.441. The normalized spacial score (nSPS) is 18.1. The zero-order valence-corrected chi connectivity index (χ0v) is 24.3. The van der Waals surface area contributed by atoms with Crippen LogP contribution in [-0.4, -0.2) is 47.4 Å². The number of rotatable bonds is 9. The molecule has 0 bridgehead atoms. The van der Waals surface area contributed by atoms with Crippen LogP contribution in [0.3, 0.4) is 0 Å². The summed E-state index contributed by atoms with van der Waals surface area (Å²) in [6, 6.07) is 9.68. The molecule has 1 aromatic carbocycles. The van der Waals surface area contributed by atoms with Gasteiger partial charge in [-0.2, -0.15) is 4.37 Å². The second-order valence-electron chi connectivity index (χ2n) is 10.8. The standard InChI is InChI=1S/C30H37N5O5S/c1-18-8-6-11-21(16-18)35(26(23-14-13-19(2)40-23)29(37)32-17-22-12-7-15-39-22)30(38)27-24(31)25(34-41-27)28(36)33-20-9-4-3-5-10-20/h6,8,11,13-14,16,20,22,26H,3-5,7,9-10,12,15,17,31H2,1-2H3,(H,32,37)(H,33,36)/t22-,26-/m1/s1. The summed E-state index contributed by atoms with van der Waals surface area (Å²) < 4.78 is 15.9. The van der Waals surface area contributed by atoms with E-state index < -0.39 is 17.9 Å². The Morgan fingerprint density at radius 2 is 1.90 bits per heavy atom. The van der Waals surface area contributed by atoms with E-state index in [0.717, 1.165) is 62.0 Å². The highest BCUT2D eigenvalue weighted by Crippen LogP contribution is 2.34. The number of hydrogen-bond donors (Lipinski definition) is 3. The molecule has 41 heavy (non-hydrogen) atoms. The average Bonchev–Trinajstić information content (AvgIpc) is 3.72. The van der Waals surface area contributed by atoms with Crippen LogP contribution in [0.15, 0.2) is 40.8 Å². The van der Waals surface area contributed by atoms with E-state index in [9.17, 15) is 14.4 Å². The predicted octanol–water partition coefficient (Wildman–Crippen LogP) is 4.68. The number of aryl methyl sites for hydroxylation is 2. The van der Waals surface area contributed by atoms with Gasteiger partial charge in [-0.05, 0) is 80.9 Å². The first-order valence-corrected chi connectivity index (χ1v) is 15.0. The van der Waals surface area contributed by atoms with E-state index >= 15 is 0 Å². The third-order valence-electron chi connectivity index (χ3n) is 7.64. The fourth-order valence-corrected chi connectivity index (χ4v) is 6.21. The van der Waals surface area contributed by atoms with Crippen LogP contribution in [0.2, 0.25) is 0 Å². The van der Waals surface area contributed by atoms with Gasteiger partial charge in [-0.25, -0.2) is 0 Å². The summed E-state index contributed by atoms with van der Waals surface area (Å²) in [6.07, 6.45) is 6.83. The molecule has 2 fully saturated rings. The molecule has 2 aliphatic rings. The summed E-state index contributed by atoms with van der Waals surface area (Å²) in [7, 11) is 0. The Kier molecular flexibility index (Phi) is 9.04. The monoisotopic (exact) mass is 579 g/mol. The molecule has 0 spiro atoms. The van der Waals surface area contributed by atoms with Gasteiger partial charge in [-0.15, -0.1) is 0 Å².